The van der Waals surface area contributed by atoms with Gasteiger partial charge in [0.25, 0.3) is 5.91 Å². The van der Waals surface area contributed by atoms with Gasteiger partial charge in [0.1, 0.15) is 0 Å². The van der Waals surface area contributed by atoms with Crippen LogP contribution in [0.2, 0.25) is 0 Å². The van der Waals surface area contributed by atoms with Crippen molar-refractivity contribution in [3.05, 3.63) is 107 Å². The second-order valence-electron chi connectivity index (χ2n) is 7.40. The van der Waals surface area contributed by atoms with Gasteiger partial charge in [-0.15, -0.1) is 0 Å². The van der Waals surface area contributed by atoms with E-state index in [-0.39, 0.29) is 5.91 Å². The highest BCUT2D eigenvalue weighted by atomic mass is 16.1. The van der Waals surface area contributed by atoms with Crippen molar-refractivity contribution < 1.29 is 9.59 Å². The normalized spacial score (nSPS) is 10.8. The van der Waals surface area contributed by atoms with Crippen molar-refractivity contribution in [3.63, 3.8) is 0 Å². The molecule has 2 amide bonds. The number of benzene rings is 3. The molecule has 164 valence electrons. The molecule has 0 bridgehead atoms. The Hall–Kier alpha value is -3.70. The number of anilines is 1. The van der Waals surface area contributed by atoms with E-state index in [1.807, 2.05) is 66.7 Å². The number of carbonyl (C=O) groups is 2. The Morgan fingerprint density at radius 2 is 1.59 bits per heavy atom. The van der Waals surface area contributed by atoms with Gasteiger partial charge in [0.05, 0.1) is 0 Å². The maximum Gasteiger partial charge on any atom is 0.251 e. The maximum absolute atomic E-state index is 12.6. The van der Waals surface area contributed by atoms with Gasteiger partial charge in [-0.25, -0.2) is 0 Å². The SMILES string of the molecule is O=CNc1ccc(CCNCc2ccccc2C(=O)NCC/C=C/c2ccccc2)cc1. The topological polar surface area (TPSA) is 70.2 Å². The maximum atomic E-state index is 12.6. The molecule has 0 radical (unpaired) electrons. The smallest absolute Gasteiger partial charge is 0.251 e. The molecule has 0 heterocycles. The Morgan fingerprint density at radius 1 is 0.844 bits per heavy atom. The van der Waals surface area contributed by atoms with Gasteiger partial charge in [0.15, 0.2) is 0 Å². The summed E-state index contributed by atoms with van der Waals surface area (Å²) in [5, 5.41) is 9.06. The fraction of sp³-hybridized carbons (Fsp3) is 0.185. The Kier molecular flexibility index (Phi) is 9.24. The average Bonchev–Trinajstić information content (AvgIpc) is 2.83. The van der Waals surface area contributed by atoms with Gasteiger partial charge in [-0.1, -0.05) is 72.8 Å². The molecule has 3 aromatic rings. The Bertz CT molecular complexity index is 1010. The number of rotatable bonds is 12. The van der Waals surface area contributed by atoms with Crippen LogP contribution in [0.4, 0.5) is 5.69 Å². The predicted molar refractivity (Wildman–Crippen MR) is 130 cm³/mol. The van der Waals surface area contributed by atoms with Crippen LogP contribution in [0.5, 0.6) is 0 Å². The van der Waals surface area contributed by atoms with Crippen LogP contribution in [0.1, 0.15) is 33.5 Å². The molecule has 32 heavy (non-hydrogen) atoms. The van der Waals surface area contributed by atoms with Crippen LogP contribution in [-0.2, 0) is 17.8 Å². The Labute approximate surface area is 189 Å². The third-order valence-electron chi connectivity index (χ3n) is 5.05. The number of hydrogen-bond donors (Lipinski definition) is 3. The van der Waals surface area contributed by atoms with Crippen molar-refractivity contribution in [2.45, 2.75) is 19.4 Å². The highest BCUT2D eigenvalue weighted by Crippen LogP contribution is 2.11. The van der Waals surface area contributed by atoms with Crippen LogP contribution in [-0.4, -0.2) is 25.4 Å². The minimum absolute atomic E-state index is 0.0474. The first-order valence-electron chi connectivity index (χ1n) is 10.8. The molecular formula is C27H29N3O2. The number of nitrogens with one attached hydrogen (secondary N) is 3. The zero-order valence-corrected chi connectivity index (χ0v) is 18.1. The second-order valence-corrected chi connectivity index (χ2v) is 7.40. The third-order valence-corrected chi connectivity index (χ3v) is 5.05. The largest absolute Gasteiger partial charge is 0.352 e. The molecule has 0 aliphatic rings. The van der Waals surface area contributed by atoms with E-state index < -0.39 is 0 Å². The zero-order chi connectivity index (χ0) is 22.4. The molecule has 5 heteroatoms. The molecule has 0 aliphatic carbocycles. The first kappa shape index (κ1) is 23.0. The summed E-state index contributed by atoms with van der Waals surface area (Å²) in [5.74, 6) is -0.0474. The molecule has 0 spiro atoms. The standard InChI is InChI=1S/C27H29N3O2/c31-21-30-25-15-13-23(14-16-25)17-19-28-20-24-11-4-5-12-26(24)27(32)29-18-7-6-10-22-8-2-1-3-9-22/h1-6,8-16,21,28H,7,17-20H2,(H,29,32)(H,30,31)/b10-6+. The number of amides is 2. The Morgan fingerprint density at radius 3 is 2.38 bits per heavy atom. The number of hydrogen-bond acceptors (Lipinski definition) is 3. The summed E-state index contributed by atoms with van der Waals surface area (Å²) < 4.78 is 0. The van der Waals surface area contributed by atoms with Crippen LogP contribution in [0.25, 0.3) is 6.08 Å². The highest BCUT2D eigenvalue weighted by molar-refractivity contribution is 5.95. The average molecular weight is 428 g/mol. The van der Waals surface area contributed by atoms with E-state index in [0.29, 0.717) is 25.1 Å². The molecule has 0 aliphatic heterocycles. The monoisotopic (exact) mass is 427 g/mol. The molecular weight excluding hydrogens is 398 g/mol. The summed E-state index contributed by atoms with van der Waals surface area (Å²) in [5.41, 5.74) is 4.81. The molecule has 3 aromatic carbocycles. The molecule has 0 aromatic heterocycles. The van der Waals surface area contributed by atoms with Gasteiger partial charge in [-0.05, 0) is 54.3 Å². The van der Waals surface area contributed by atoms with E-state index in [1.165, 1.54) is 5.56 Å². The van der Waals surface area contributed by atoms with Gasteiger partial charge in [-0.3, -0.25) is 9.59 Å². The Balaban J connectivity index is 1.42. The summed E-state index contributed by atoms with van der Waals surface area (Å²) in [6.45, 7) is 2.02. The zero-order valence-electron chi connectivity index (χ0n) is 18.1. The third kappa shape index (κ3) is 7.52. The van der Waals surface area contributed by atoms with Crippen molar-refractivity contribution in [2.24, 2.45) is 0 Å². The fourth-order valence-electron chi connectivity index (χ4n) is 3.34. The van der Waals surface area contributed by atoms with E-state index in [4.69, 9.17) is 0 Å². The van der Waals surface area contributed by atoms with Gasteiger partial charge >= 0.3 is 0 Å². The lowest BCUT2D eigenvalue weighted by molar-refractivity contribution is -0.105. The molecule has 0 saturated heterocycles. The van der Waals surface area contributed by atoms with E-state index in [2.05, 4.69) is 40.2 Å². The summed E-state index contributed by atoms with van der Waals surface area (Å²) in [7, 11) is 0. The summed E-state index contributed by atoms with van der Waals surface area (Å²) in [6, 6.07) is 25.6. The van der Waals surface area contributed by atoms with Crippen molar-refractivity contribution in [1.29, 1.82) is 0 Å². The first-order chi connectivity index (χ1) is 15.8. The lowest BCUT2D eigenvalue weighted by Gasteiger charge is -2.11. The first-order valence-corrected chi connectivity index (χ1v) is 10.8. The molecule has 0 atom stereocenters. The summed E-state index contributed by atoms with van der Waals surface area (Å²) in [6.07, 6.45) is 6.46. The van der Waals surface area contributed by atoms with Crippen molar-refractivity contribution >= 4 is 24.1 Å². The lowest BCUT2D eigenvalue weighted by Crippen LogP contribution is -2.26. The van der Waals surface area contributed by atoms with E-state index >= 15 is 0 Å². The summed E-state index contributed by atoms with van der Waals surface area (Å²) >= 11 is 0. The highest BCUT2D eigenvalue weighted by Gasteiger charge is 2.09. The quantitative estimate of drug-likeness (QED) is 0.296. The van der Waals surface area contributed by atoms with Crippen LogP contribution < -0.4 is 16.0 Å². The van der Waals surface area contributed by atoms with Crippen LogP contribution in [0.15, 0.2) is 84.9 Å². The molecule has 0 unspecified atom stereocenters. The van der Waals surface area contributed by atoms with Gasteiger partial charge in [0, 0.05) is 24.3 Å². The fourth-order valence-corrected chi connectivity index (χ4v) is 3.34. The molecule has 5 nitrogen and oxygen atoms in total. The van der Waals surface area contributed by atoms with Crippen molar-refractivity contribution in [2.75, 3.05) is 18.4 Å². The number of carbonyl (C=O) groups excluding carboxylic acids is 2. The van der Waals surface area contributed by atoms with E-state index in [1.54, 1.807) is 0 Å². The van der Waals surface area contributed by atoms with E-state index in [0.717, 1.165) is 36.2 Å². The minimum Gasteiger partial charge on any atom is -0.352 e. The molecule has 0 fully saturated rings. The van der Waals surface area contributed by atoms with Crippen LogP contribution in [0, 0.1) is 0 Å². The summed E-state index contributed by atoms with van der Waals surface area (Å²) in [4.78, 5) is 23.1. The van der Waals surface area contributed by atoms with Crippen molar-refractivity contribution in [3.8, 4) is 0 Å². The predicted octanol–water partition coefficient (Wildman–Crippen LogP) is 4.42. The second kappa shape index (κ2) is 12.9. The van der Waals surface area contributed by atoms with Gasteiger partial charge in [0.2, 0.25) is 6.41 Å². The lowest BCUT2D eigenvalue weighted by atomic mass is 10.1. The molecule has 3 rings (SSSR count). The van der Waals surface area contributed by atoms with Crippen molar-refractivity contribution in [1.82, 2.24) is 10.6 Å². The van der Waals surface area contributed by atoms with Gasteiger partial charge in [-0.2, -0.15) is 0 Å². The van der Waals surface area contributed by atoms with Crippen LogP contribution >= 0.6 is 0 Å². The molecule has 0 saturated carbocycles. The minimum atomic E-state index is -0.0474. The van der Waals surface area contributed by atoms with E-state index in [9.17, 15) is 9.59 Å². The van der Waals surface area contributed by atoms with Crippen LogP contribution in [0.3, 0.4) is 0 Å². The molecule has 3 N–H and O–H groups in total. The van der Waals surface area contributed by atoms with Gasteiger partial charge < -0.3 is 16.0 Å².